The van der Waals surface area contributed by atoms with Crippen molar-refractivity contribution >= 4 is 0 Å². The van der Waals surface area contributed by atoms with Crippen molar-refractivity contribution in [3.63, 3.8) is 0 Å². The van der Waals surface area contributed by atoms with Gasteiger partial charge in [-0.3, -0.25) is 0 Å². The Morgan fingerprint density at radius 2 is 1.61 bits per heavy atom. The van der Waals surface area contributed by atoms with Gasteiger partial charge < -0.3 is 10.8 Å². The zero-order valence-corrected chi connectivity index (χ0v) is 12.1. The lowest BCUT2D eigenvalue weighted by atomic mass is 9.58. The zero-order valence-electron chi connectivity index (χ0n) is 12.1. The molecule has 3 N–H and O–H groups in total. The number of rotatable bonds is 2. The van der Waals surface area contributed by atoms with E-state index in [2.05, 4.69) is 6.92 Å². The summed E-state index contributed by atoms with van der Waals surface area (Å²) in [6, 6.07) is 0. The first-order valence-corrected chi connectivity index (χ1v) is 8.04. The second-order valence-corrected chi connectivity index (χ2v) is 6.99. The highest BCUT2D eigenvalue weighted by Gasteiger charge is 2.49. The lowest BCUT2D eigenvalue weighted by molar-refractivity contribution is -0.127. The fraction of sp³-hybridized carbons (Fsp3) is 1.00. The minimum atomic E-state index is -0.475. The van der Waals surface area contributed by atoms with E-state index in [-0.39, 0.29) is 5.41 Å². The first-order chi connectivity index (χ1) is 8.62. The van der Waals surface area contributed by atoms with Crippen LogP contribution in [-0.4, -0.2) is 17.3 Å². The molecule has 0 aromatic carbocycles. The molecule has 2 heteroatoms. The van der Waals surface area contributed by atoms with E-state index in [1.54, 1.807) is 0 Å². The van der Waals surface area contributed by atoms with Crippen LogP contribution in [0.3, 0.4) is 0 Å². The molecule has 0 bridgehead atoms. The molecule has 18 heavy (non-hydrogen) atoms. The van der Waals surface area contributed by atoms with Crippen LogP contribution < -0.4 is 5.73 Å². The Balaban J connectivity index is 2.17. The van der Waals surface area contributed by atoms with Gasteiger partial charge in [0.2, 0.25) is 0 Å². The smallest absolute Gasteiger partial charge is 0.0718 e. The van der Waals surface area contributed by atoms with Crippen molar-refractivity contribution in [2.75, 3.05) is 6.54 Å². The first kappa shape index (κ1) is 14.3. The molecule has 2 aliphatic rings. The van der Waals surface area contributed by atoms with Gasteiger partial charge in [-0.2, -0.15) is 0 Å². The zero-order chi connectivity index (χ0) is 13.1. The molecule has 2 atom stereocenters. The van der Waals surface area contributed by atoms with Gasteiger partial charge in [0.1, 0.15) is 0 Å². The maximum absolute atomic E-state index is 11.3. The van der Waals surface area contributed by atoms with Gasteiger partial charge in [0.15, 0.2) is 0 Å². The van der Waals surface area contributed by atoms with Crippen LogP contribution in [0.1, 0.15) is 77.6 Å². The van der Waals surface area contributed by atoms with Crippen molar-refractivity contribution in [1.29, 1.82) is 0 Å². The van der Waals surface area contributed by atoms with Crippen molar-refractivity contribution in [1.82, 2.24) is 0 Å². The molecule has 0 amide bonds. The van der Waals surface area contributed by atoms with Crippen molar-refractivity contribution in [2.24, 2.45) is 17.1 Å². The van der Waals surface area contributed by atoms with Crippen molar-refractivity contribution in [2.45, 2.75) is 83.2 Å². The van der Waals surface area contributed by atoms with Crippen molar-refractivity contribution < 1.29 is 5.11 Å². The number of hydrogen-bond acceptors (Lipinski definition) is 2. The first-order valence-electron chi connectivity index (χ1n) is 8.04. The molecular formula is C16H31NO. The summed E-state index contributed by atoms with van der Waals surface area (Å²) in [5.74, 6) is 0.664. The predicted molar refractivity (Wildman–Crippen MR) is 76.4 cm³/mol. The van der Waals surface area contributed by atoms with E-state index in [1.807, 2.05) is 0 Å². The second kappa shape index (κ2) is 5.92. The van der Waals surface area contributed by atoms with E-state index in [0.29, 0.717) is 12.5 Å². The molecule has 2 nitrogen and oxygen atoms in total. The molecule has 0 heterocycles. The molecule has 0 radical (unpaired) electrons. The SMILES string of the molecule is CC1CCCC(O)(C2(CN)CCCCCCC2)C1. The Morgan fingerprint density at radius 3 is 2.17 bits per heavy atom. The maximum atomic E-state index is 11.3. The summed E-state index contributed by atoms with van der Waals surface area (Å²) in [6.07, 6.45) is 13.2. The standard InChI is InChI=1S/C16H31NO/c1-14-8-7-11-16(18,12-14)15(13-17)9-5-3-2-4-6-10-15/h14,18H,2-13,17H2,1H3. The topological polar surface area (TPSA) is 46.2 Å². The van der Waals surface area contributed by atoms with E-state index in [9.17, 15) is 5.11 Å². The quantitative estimate of drug-likeness (QED) is 0.789. The number of hydrogen-bond donors (Lipinski definition) is 2. The predicted octanol–water partition coefficient (Wildman–Crippen LogP) is 3.62. The fourth-order valence-electron chi connectivity index (χ4n) is 4.45. The van der Waals surface area contributed by atoms with E-state index in [4.69, 9.17) is 5.73 Å². The Hall–Kier alpha value is -0.0800. The minimum Gasteiger partial charge on any atom is -0.389 e. The van der Waals surface area contributed by atoms with E-state index >= 15 is 0 Å². The second-order valence-electron chi connectivity index (χ2n) is 6.99. The normalized spacial score (nSPS) is 37.8. The van der Waals surface area contributed by atoms with Gasteiger partial charge in [-0.1, -0.05) is 51.9 Å². The van der Waals surface area contributed by atoms with Gasteiger partial charge in [-0.05, 0) is 31.6 Å². The molecular weight excluding hydrogens is 222 g/mol. The number of aliphatic hydroxyl groups is 1. The van der Waals surface area contributed by atoms with Crippen LogP contribution >= 0.6 is 0 Å². The molecule has 0 aliphatic heterocycles. The third-order valence-electron chi connectivity index (χ3n) is 5.66. The molecule has 2 aliphatic carbocycles. The molecule has 2 saturated carbocycles. The van der Waals surface area contributed by atoms with Gasteiger partial charge in [0.25, 0.3) is 0 Å². The monoisotopic (exact) mass is 253 g/mol. The van der Waals surface area contributed by atoms with Crippen LogP contribution in [0, 0.1) is 11.3 Å². The highest BCUT2D eigenvalue weighted by molar-refractivity contribution is 5.02. The Morgan fingerprint density at radius 1 is 1.00 bits per heavy atom. The summed E-state index contributed by atoms with van der Waals surface area (Å²) >= 11 is 0. The third kappa shape index (κ3) is 2.75. The average Bonchev–Trinajstić information content (AvgIpc) is 2.28. The summed E-state index contributed by atoms with van der Waals surface area (Å²) in [5, 5.41) is 11.3. The average molecular weight is 253 g/mol. The Bertz CT molecular complexity index is 258. The molecule has 0 spiro atoms. The molecule has 0 aromatic rings. The van der Waals surface area contributed by atoms with Crippen molar-refractivity contribution in [3.8, 4) is 0 Å². The minimum absolute atomic E-state index is 0.0160. The van der Waals surface area contributed by atoms with Crippen LogP contribution in [0.2, 0.25) is 0 Å². The molecule has 2 rings (SSSR count). The summed E-state index contributed by atoms with van der Waals surface area (Å²) in [7, 11) is 0. The van der Waals surface area contributed by atoms with Gasteiger partial charge >= 0.3 is 0 Å². The van der Waals surface area contributed by atoms with Gasteiger partial charge in [0, 0.05) is 12.0 Å². The van der Waals surface area contributed by atoms with Crippen LogP contribution in [-0.2, 0) is 0 Å². The molecule has 0 aromatic heterocycles. The molecule has 106 valence electrons. The fourth-order valence-corrected chi connectivity index (χ4v) is 4.45. The summed E-state index contributed by atoms with van der Waals surface area (Å²) in [4.78, 5) is 0. The lowest BCUT2D eigenvalue weighted by Crippen LogP contribution is -2.55. The third-order valence-corrected chi connectivity index (χ3v) is 5.66. The highest BCUT2D eigenvalue weighted by atomic mass is 16.3. The summed E-state index contributed by atoms with van der Waals surface area (Å²) in [5.41, 5.74) is 5.70. The Labute approximate surface area is 112 Å². The maximum Gasteiger partial charge on any atom is 0.0718 e. The summed E-state index contributed by atoms with van der Waals surface area (Å²) in [6.45, 7) is 2.97. The van der Waals surface area contributed by atoms with Crippen LogP contribution in [0.5, 0.6) is 0 Å². The van der Waals surface area contributed by atoms with Crippen LogP contribution in [0.4, 0.5) is 0 Å². The molecule has 2 fully saturated rings. The van der Waals surface area contributed by atoms with Gasteiger partial charge in [-0.25, -0.2) is 0 Å². The van der Waals surface area contributed by atoms with Gasteiger partial charge in [0.05, 0.1) is 5.60 Å². The van der Waals surface area contributed by atoms with Crippen LogP contribution in [0.25, 0.3) is 0 Å². The molecule has 0 saturated heterocycles. The number of nitrogens with two attached hydrogens (primary N) is 1. The van der Waals surface area contributed by atoms with Crippen molar-refractivity contribution in [3.05, 3.63) is 0 Å². The van der Waals surface area contributed by atoms with E-state index in [1.165, 1.54) is 44.9 Å². The van der Waals surface area contributed by atoms with Gasteiger partial charge in [-0.15, -0.1) is 0 Å². The lowest BCUT2D eigenvalue weighted by Gasteiger charge is -2.51. The van der Waals surface area contributed by atoms with Crippen LogP contribution in [0.15, 0.2) is 0 Å². The summed E-state index contributed by atoms with van der Waals surface area (Å²) < 4.78 is 0. The largest absolute Gasteiger partial charge is 0.389 e. The van der Waals surface area contributed by atoms with E-state index < -0.39 is 5.60 Å². The highest BCUT2D eigenvalue weighted by Crippen LogP contribution is 2.50. The van der Waals surface area contributed by atoms with E-state index in [0.717, 1.165) is 25.7 Å². The Kier molecular flexibility index (Phi) is 4.71. The molecule has 2 unspecified atom stereocenters.